The van der Waals surface area contributed by atoms with Crippen LogP contribution in [-0.4, -0.2) is 58.6 Å². The van der Waals surface area contributed by atoms with Crippen LogP contribution >= 0.6 is 0 Å². The molecule has 0 saturated carbocycles. The van der Waals surface area contributed by atoms with Gasteiger partial charge in [-0.3, -0.25) is 4.79 Å². The number of rotatable bonds is 11. The number of fused-ring (bicyclic) bond motifs is 1. The van der Waals surface area contributed by atoms with E-state index in [0.717, 1.165) is 5.56 Å². The largest absolute Gasteiger partial charge is 0.474 e. The summed E-state index contributed by atoms with van der Waals surface area (Å²) in [5.41, 5.74) is 2.41. The van der Waals surface area contributed by atoms with E-state index in [4.69, 9.17) is 9.47 Å². The van der Waals surface area contributed by atoms with Crippen LogP contribution < -0.4 is 20.1 Å². The second-order valence-electron chi connectivity index (χ2n) is 7.84. The maximum Gasteiger partial charge on any atom is 0.265 e. The number of benzene rings is 2. The monoisotopic (exact) mass is 501 g/mol. The van der Waals surface area contributed by atoms with E-state index < -0.39 is 27.5 Å². The first-order valence-electron chi connectivity index (χ1n) is 10.6. The Morgan fingerprint density at radius 1 is 1.29 bits per heavy atom. The lowest BCUT2D eigenvalue weighted by atomic mass is 10.1. The fourth-order valence-electron chi connectivity index (χ4n) is 3.34. The van der Waals surface area contributed by atoms with Crippen molar-refractivity contribution >= 4 is 49.6 Å². The van der Waals surface area contributed by atoms with Gasteiger partial charge in [0.1, 0.15) is 23.7 Å². The van der Waals surface area contributed by atoms with Gasteiger partial charge in [0, 0.05) is 46.8 Å². The molecule has 2 unspecified atom stereocenters. The minimum atomic E-state index is -2.47. The third-order valence-corrected chi connectivity index (χ3v) is 5.46. The number of hydrogen-bond acceptors (Lipinski definition) is 7. The van der Waals surface area contributed by atoms with E-state index in [9.17, 15) is 13.4 Å². The van der Waals surface area contributed by atoms with Gasteiger partial charge in [-0.15, -0.1) is 0 Å². The van der Waals surface area contributed by atoms with E-state index in [-0.39, 0.29) is 5.75 Å². The molecule has 35 heavy (non-hydrogen) atoms. The second-order valence-corrected chi connectivity index (χ2v) is 10.1. The van der Waals surface area contributed by atoms with E-state index in [1.807, 2.05) is 13.0 Å². The van der Waals surface area contributed by atoms with Gasteiger partial charge in [-0.2, -0.15) is 0 Å². The standard InChI is InChI=1S/C24H28FN5O4S/c1-6-20(24(31)26-9-10-33-3)34-21-12-16(25)7-8-18(21)29-23-22-15(2)11-17(30-35(4,5)32)13-19(22)27-14-28-23/h6-8,11-14,20H,1,4,9-10H2,2-3,5H3,(H,26,31)(H,30,32)(H,27,28,29). The average molecular weight is 502 g/mol. The van der Waals surface area contributed by atoms with Gasteiger partial charge < -0.3 is 24.8 Å². The topological polar surface area (TPSA) is 114 Å². The van der Waals surface area contributed by atoms with Crippen LogP contribution in [0.2, 0.25) is 0 Å². The summed E-state index contributed by atoms with van der Waals surface area (Å²) in [5, 5.41) is 6.53. The lowest BCUT2D eigenvalue weighted by Crippen LogP contribution is -2.38. The quantitative estimate of drug-likeness (QED) is 0.210. The van der Waals surface area contributed by atoms with Crippen LogP contribution in [0.3, 0.4) is 0 Å². The molecule has 1 aromatic heterocycles. The molecule has 0 aliphatic heterocycles. The number of nitrogens with zero attached hydrogens (tertiary/aromatic N) is 2. The maximum atomic E-state index is 14.1. The molecule has 0 aliphatic carbocycles. The van der Waals surface area contributed by atoms with Crippen molar-refractivity contribution in [1.29, 1.82) is 0 Å². The molecule has 2 atom stereocenters. The minimum Gasteiger partial charge on any atom is -0.474 e. The Morgan fingerprint density at radius 3 is 2.74 bits per heavy atom. The molecule has 3 rings (SSSR count). The normalized spacial score (nSPS) is 13.5. The third kappa shape index (κ3) is 6.90. The Kier molecular flexibility index (Phi) is 8.26. The second kappa shape index (κ2) is 11.2. The van der Waals surface area contributed by atoms with Gasteiger partial charge in [0.25, 0.3) is 5.91 Å². The molecular weight excluding hydrogens is 473 g/mol. The van der Waals surface area contributed by atoms with Crippen LogP contribution in [0.5, 0.6) is 5.75 Å². The molecule has 186 valence electrons. The third-order valence-electron chi connectivity index (χ3n) is 4.80. The number of hydrogen-bond donors (Lipinski definition) is 3. The number of carbonyl (C=O) groups excluding carboxylic acids is 1. The molecule has 0 saturated heterocycles. The molecule has 0 fully saturated rings. The molecule has 0 bridgehead atoms. The first kappa shape index (κ1) is 25.9. The van der Waals surface area contributed by atoms with Crippen molar-refractivity contribution in [1.82, 2.24) is 15.3 Å². The van der Waals surface area contributed by atoms with E-state index in [1.165, 1.54) is 44.0 Å². The first-order valence-corrected chi connectivity index (χ1v) is 12.7. The van der Waals surface area contributed by atoms with Crippen molar-refractivity contribution < 1.29 is 22.9 Å². The smallest absolute Gasteiger partial charge is 0.265 e. The lowest BCUT2D eigenvalue weighted by Gasteiger charge is -2.19. The van der Waals surface area contributed by atoms with Crippen molar-refractivity contribution in [3.8, 4) is 5.75 Å². The van der Waals surface area contributed by atoms with Gasteiger partial charge in [0.05, 0.1) is 17.8 Å². The van der Waals surface area contributed by atoms with Gasteiger partial charge in [0.15, 0.2) is 6.10 Å². The van der Waals surface area contributed by atoms with Crippen LogP contribution in [0.25, 0.3) is 10.9 Å². The summed E-state index contributed by atoms with van der Waals surface area (Å²) in [6.07, 6.45) is 3.15. The van der Waals surface area contributed by atoms with Crippen molar-refractivity contribution in [2.45, 2.75) is 13.0 Å². The van der Waals surface area contributed by atoms with Crippen molar-refractivity contribution in [3.63, 3.8) is 0 Å². The van der Waals surface area contributed by atoms with Crippen molar-refractivity contribution in [3.05, 3.63) is 60.7 Å². The molecule has 0 radical (unpaired) electrons. The predicted molar refractivity (Wildman–Crippen MR) is 138 cm³/mol. The summed E-state index contributed by atoms with van der Waals surface area (Å²) in [5.74, 6) is 3.19. The van der Waals surface area contributed by atoms with E-state index in [1.54, 1.807) is 6.07 Å². The fraction of sp³-hybridized carbons (Fsp3) is 0.250. The highest BCUT2D eigenvalue weighted by molar-refractivity contribution is 8.00. The van der Waals surface area contributed by atoms with Crippen LogP contribution in [0.1, 0.15) is 5.56 Å². The Balaban J connectivity index is 1.94. The van der Waals surface area contributed by atoms with Crippen molar-refractivity contribution in [2.75, 3.05) is 36.6 Å². The summed E-state index contributed by atoms with van der Waals surface area (Å²) < 4.78 is 39.7. The summed E-state index contributed by atoms with van der Waals surface area (Å²) in [7, 11) is -0.944. The predicted octanol–water partition coefficient (Wildman–Crippen LogP) is 3.19. The number of ether oxygens (including phenoxy) is 2. The number of nitrogens with one attached hydrogen (secondary N) is 3. The SMILES string of the molecule is C=CC(Oc1cc(F)ccc1Nc1ncnc2cc(NS(=C)(C)=O)cc(C)c12)C(=O)NCCOC. The van der Waals surface area contributed by atoms with E-state index >= 15 is 0 Å². The zero-order chi connectivity index (χ0) is 25.6. The molecule has 2 aromatic carbocycles. The molecule has 3 aromatic rings. The summed E-state index contributed by atoms with van der Waals surface area (Å²) >= 11 is 0. The minimum absolute atomic E-state index is 0.0993. The molecule has 11 heteroatoms. The maximum absolute atomic E-state index is 14.1. The highest BCUT2D eigenvalue weighted by Crippen LogP contribution is 2.33. The van der Waals surface area contributed by atoms with Gasteiger partial charge in [0.2, 0.25) is 0 Å². The fourth-order valence-corrected chi connectivity index (χ4v) is 3.96. The number of carbonyl (C=O) groups is 1. The van der Waals surface area contributed by atoms with Crippen LogP contribution in [0.4, 0.5) is 21.6 Å². The van der Waals surface area contributed by atoms with Gasteiger partial charge >= 0.3 is 0 Å². The van der Waals surface area contributed by atoms with E-state index in [0.29, 0.717) is 41.2 Å². The molecule has 3 N–H and O–H groups in total. The molecule has 1 amide bonds. The highest BCUT2D eigenvalue weighted by atomic mass is 32.2. The van der Waals surface area contributed by atoms with Crippen molar-refractivity contribution in [2.24, 2.45) is 0 Å². The van der Waals surface area contributed by atoms with Crippen LogP contribution in [0.15, 0.2) is 49.3 Å². The molecular formula is C24H28FN5O4S. The number of methoxy groups -OCH3 is 1. The number of halogens is 1. The molecule has 0 spiro atoms. The summed E-state index contributed by atoms with van der Waals surface area (Å²) in [6.45, 7) is 6.14. The number of aromatic nitrogens is 2. The average Bonchev–Trinajstić information content (AvgIpc) is 2.77. The van der Waals surface area contributed by atoms with Gasteiger partial charge in [-0.1, -0.05) is 6.58 Å². The first-order chi connectivity index (χ1) is 16.6. The zero-order valence-electron chi connectivity index (χ0n) is 19.8. The van der Waals surface area contributed by atoms with Gasteiger partial charge in [-0.05, 0) is 48.7 Å². The Bertz CT molecular complexity index is 1350. The van der Waals surface area contributed by atoms with E-state index in [2.05, 4.69) is 37.8 Å². The number of aryl methyl sites for hydroxylation is 1. The summed E-state index contributed by atoms with van der Waals surface area (Å²) in [6, 6.07) is 7.48. The van der Waals surface area contributed by atoms with Crippen LogP contribution in [-0.2, 0) is 19.2 Å². The molecule has 1 heterocycles. The Morgan fingerprint density at radius 2 is 2.06 bits per heavy atom. The Hall–Kier alpha value is -3.70. The lowest BCUT2D eigenvalue weighted by molar-refractivity contribution is -0.126. The number of amides is 1. The summed E-state index contributed by atoms with van der Waals surface area (Å²) in [4.78, 5) is 21.1. The highest BCUT2D eigenvalue weighted by Gasteiger charge is 2.19. The van der Waals surface area contributed by atoms with Gasteiger partial charge in [-0.25, -0.2) is 18.6 Å². The molecule has 0 aliphatic rings. The van der Waals surface area contributed by atoms with Crippen LogP contribution in [0, 0.1) is 12.7 Å². The molecule has 9 nitrogen and oxygen atoms in total. The zero-order valence-corrected chi connectivity index (χ0v) is 20.6. The Labute approximate surface area is 203 Å². The number of anilines is 3.